The van der Waals surface area contributed by atoms with Gasteiger partial charge in [0.05, 0.1) is 38.6 Å². The minimum absolute atomic E-state index is 0.0318. The van der Waals surface area contributed by atoms with Crippen molar-refractivity contribution in [3.8, 4) is 0 Å². The van der Waals surface area contributed by atoms with Crippen molar-refractivity contribution in [1.82, 2.24) is 5.32 Å². The van der Waals surface area contributed by atoms with Gasteiger partial charge >= 0.3 is 0 Å². The van der Waals surface area contributed by atoms with Crippen molar-refractivity contribution in [3.05, 3.63) is 60.8 Å². The van der Waals surface area contributed by atoms with Crippen LogP contribution < -0.4 is 5.32 Å². The van der Waals surface area contributed by atoms with Crippen LogP contribution in [0.2, 0.25) is 0 Å². The molecule has 3 aliphatic rings. The Hall–Kier alpha value is -2.51. The Balaban J connectivity index is 1.56. The lowest BCUT2D eigenvalue weighted by atomic mass is 9.96. The zero-order chi connectivity index (χ0) is 54.1. The van der Waals surface area contributed by atoms with Gasteiger partial charge in [0.15, 0.2) is 18.9 Å². The lowest BCUT2D eigenvalue weighted by Crippen LogP contribution is -2.66. The average Bonchev–Trinajstić information content (AvgIpc) is 3.40. The standard InChI is InChI=1S/C55H95NO18/c1-3-5-7-9-11-13-15-17-19-21-23-25-27-29-31-33-43(61)56-38(39(60)32-30-28-26-24-22-20-18-16-14-12-10-8-6-4-2)37-69-53-49(67)46(64)51(41(35-58)71-53)74-55-50(68)47(65)52(42(36-59)72-55)73-54-48(66)45(63)44(62)40(34-57)70-54/h5,7,11,13,17,19,23,25,29,31,38-42,44-55,57-60,62-68H,3-4,6,8-10,12,14-16,18,20-22,24,26-28,30,32-37H2,1-2H3,(H,56,61)/b7-5-,13-11-,19-17-,25-23-,31-29-. The lowest BCUT2D eigenvalue weighted by Gasteiger charge is -2.48. The molecule has 0 bridgehead atoms. The number of hydrogen-bond donors (Lipinski definition) is 12. The van der Waals surface area contributed by atoms with Crippen molar-refractivity contribution in [2.75, 3.05) is 26.4 Å². The van der Waals surface area contributed by atoms with E-state index in [1.54, 1.807) is 6.08 Å². The number of aliphatic hydroxyl groups excluding tert-OH is 11. The maximum absolute atomic E-state index is 13.2. The Morgan fingerprint density at radius 1 is 0.486 bits per heavy atom. The molecule has 19 heteroatoms. The molecule has 0 radical (unpaired) electrons. The van der Waals surface area contributed by atoms with Gasteiger partial charge in [-0.25, -0.2) is 0 Å². The predicted molar refractivity (Wildman–Crippen MR) is 277 cm³/mol. The van der Waals surface area contributed by atoms with Gasteiger partial charge in [-0.1, -0.05) is 164 Å². The number of carbonyl (C=O) groups is 1. The first-order valence-corrected chi connectivity index (χ1v) is 27.5. The van der Waals surface area contributed by atoms with E-state index in [-0.39, 0.29) is 18.9 Å². The van der Waals surface area contributed by atoms with Crippen molar-refractivity contribution < 1.29 is 89.4 Å². The van der Waals surface area contributed by atoms with E-state index in [0.29, 0.717) is 19.3 Å². The molecule has 17 atom stereocenters. The molecule has 3 heterocycles. The third-order valence-electron chi connectivity index (χ3n) is 13.6. The van der Waals surface area contributed by atoms with Crippen molar-refractivity contribution >= 4 is 5.91 Å². The van der Waals surface area contributed by atoms with E-state index in [4.69, 9.17) is 28.4 Å². The summed E-state index contributed by atoms with van der Waals surface area (Å²) in [7, 11) is 0. The predicted octanol–water partition coefficient (Wildman–Crippen LogP) is 3.31. The van der Waals surface area contributed by atoms with Gasteiger partial charge < -0.3 is 89.9 Å². The average molecular weight is 1060 g/mol. The second-order valence-corrected chi connectivity index (χ2v) is 19.7. The number of rotatable bonds is 38. The maximum Gasteiger partial charge on any atom is 0.224 e. The van der Waals surface area contributed by atoms with Crippen LogP contribution in [0.15, 0.2) is 60.8 Å². The highest BCUT2D eigenvalue weighted by atomic mass is 16.8. The topological polar surface area (TPSA) is 307 Å². The summed E-state index contributed by atoms with van der Waals surface area (Å²) in [5.74, 6) is -0.373. The molecule has 0 aromatic heterocycles. The molecule has 19 nitrogen and oxygen atoms in total. The lowest BCUT2D eigenvalue weighted by molar-refractivity contribution is -0.379. The molecule has 3 fully saturated rings. The van der Waals surface area contributed by atoms with Crippen LogP contribution >= 0.6 is 0 Å². The van der Waals surface area contributed by atoms with Crippen molar-refractivity contribution in [2.45, 2.75) is 253 Å². The smallest absolute Gasteiger partial charge is 0.224 e. The first-order valence-electron chi connectivity index (χ1n) is 27.5. The van der Waals surface area contributed by atoms with E-state index in [1.165, 1.54) is 64.2 Å². The van der Waals surface area contributed by atoms with E-state index in [0.717, 1.165) is 44.9 Å². The Bertz CT molecular complexity index is 1590. The van der Waals surface area contributed by atoms with Gasteiger partial charge in [-0.2, -0.15) is 0 Å². The summed E-state index contributed by atoms with van der Waals surface area (Å²) in [4.78, 5) is 13.2. The zero-order valence-electron chi connectivity index (χ0n) is 44.0. The van der Waals surface area contributed by atoms with E-state index < -0.39 is 124 Å². The number of hydrogen-bond acceptors (Lipinski definition) is 18. The molecule has 0 saturated carbocycles. The van der Waals surface area contributed by atoms with E-state index >= 15 is 0 Å². The monoisotopic (exact) mass is 1060 g/mol. The summed E-state index contributed by atoms with van der Waals surface area (Å²) in [6, 6.07) is -0.942. The SMILES string of the molecule is CC/C=C\C/C=C\C/C=C\C/C=C\C/C=C\CC(=O)NC(COC1OC(CO)C(OC2OC(CO)C(OC3OC(CO)C(O)C(O)C3O)C(O)C2O)C(O)C1O)C(O)CCCCCCCCCCCCCCCC. The molecule has 74 heavy (non-hydrogen) atoms. The minimum Gasteiger partial charge on any atom is -0.394 e. The number of aliphatic hydroxyl groups is 11. The third-order valence-corrected chi connectivity index (χ3v) is 13.6. The second-order valence-electron chi connectivity index (χ2n) is 19.7. The highest BCUT2D eigenvalue weighted by molar-refractivity contribution is 5.77. The Kier molecular flexibility index (Phi) is 34.6. The molecule has 3 rings (SSSR count). The Labute approximate surface area is 439 Å². The van der Waals surface area contributed by atoms with Crippen LogP contribution in [0.25, 0.3) is 0 Å². The molecule has 12 N–H and O–H groups in total. The molecule has 1 amide bonds. The van der Waals surface area contributed by atoms with Gasteiger partial charge in [0.1, 0.15) is 73.2 Å². The minimum atomic E-state index is -1.98. The fourth-order valence-electron chi connectivity index (χ4n) is 9.08. The summed E-state index contributed by atoms with van der Waals surface area (Å²) in [6.07, 6.45) is 14.9. The molecule has 0 aromatic rings. The van der Waals surface area contributed by atoms with Gasteiger partial charge in [-0.3, -0.25) is 4.79 Å². The third kappa shape index (κ3) is 23.6. The van der Waals surface area contributed by atoms with Gasteiger partial charge in [0, 0.05) is 6.42 Å². The fraction of sp³-hybridized carbons (Fsp3) is 0.800. The molecular formula is C55H95NO18. The first-order chi connectivity index (χ1) is 35.8. The highest BCUT2D eigenvalue weighted by Gasteiger charge is 2.53. The second kappa shape index (κ2) is 38.9. The summed E-state index contributed by atoms with van der Waals surface area (Å²) in [6.45, 7) is 1.57. The largest absolute Gasteiger partial charge is 0.394 e. The number of ether oxygens (including phenoxy) is 6. The summed E-state index contributed by atoms with van der Waals surface area (Å²) in [5, 5.41) is 120. The van der Waals surface area contributed by atoms with Crippen LogP contribution in [0.1, 0.15) is 149 Å². The molecule has 3 aliphatic heterocycles. The van der Waals surface area contributed by atoms with E-state index in [2.05, 4.69) is 61.7 Å². The van der Waals surface area contributed by atoms with Gasteiger partial charge in [0.2, 0.25) is 5.91 Å². The van der Waals surface area contributed by atoms with Gasteiger partial charge in [-0.15, -0.1) is 0 Å². The number of allylic oxidation sites excluding steroid dienone is 9. The maximum atomic E-state index is 13.2. The van der Waals surface area contributed by atoms with Crippen LogP contribution in [0.3, 0.4) is 0 Å². The molecule has 17 unspecified atom stereocenters. The van der Waals surface area contributed by atoms with Gasteiger partial charge in [0.25, 0.3) is 0 Å². The highest BCUT2D eigenvalue weighted by Crippen LogP contribution is 2.33. The number of carbonyl (C=O) groups excluding carboxylic acids is 1. The van der Waals surface area contributed by atoms with Crippen LogP contribution in [-0.4, -0.2) is 193 Å². The quantitative estimate of drug-likeness (QED) is 0.0312. The number of amides is 1. The Morgan fingerprint density at radius 3 is 1.34 bits per heavy atom. The number of nitrogens with one attached hydrogen (secondary N) is 1. The van der Waals surface area contributed by atoms with Crippen LogP contribution in [0.4, 0.5) is 0 Å². The zero-order valence-corrected chi connectivity index (χ0v) is 44.0. The van der Waals surface area contributed by atoms with E-state index in [9.17, 15) is 61.0 Å². The molecule has 0 spiro atoms. The first kappa shape index (κ1) is 65.8. The summed E-state index contributed by atoms with van der Waals surface area (Å²) >= 11 is 0. The van der Waals surface area contributed by atoms with E-state index in [1.807, 2.05) is 12.2 Å². The summed E-state index contributed by atoms with van der Waals surface area (Å²) < 4.78 is 34.2. The van der Waals surface area contributed by atoms with Crippen molar-refractivity contribution in [3.63, 3.8) is 0 Å². The summed E-state index contributed by atoms with van der Waals surface area (Å²) in [5.41, 5.74) is 0. The fourth-order valence-corrected chi connectivity index (χ4v) is 9.08. The van der Waals surface area contributed by atoms with Crippen molar-refractivity contribution in [2.24, 2.45) is 0 Å². The van der Waals surface area contributed by atoms with Crippen LogP contribution in [-0.2, 0) is 33.2 Å². The molecule has 0 aliphatic carbocycles. The molecule has 3 saturated heterocycles. The van der Waals surface area contributed by atoms with Crippen LogP contribution in [0, 0.1) is 0 Å². The Morgan fingerprint density at radius 2 is 0.878 bits per heavy atom. The number of unbranched alkanes of at least 4 members (excludes halogenated alkanes) is 13. The molecular weight excluding hydrogens is 963 g/mol. The van der Waals surface area contributed by atoms with Crippen LogP contribution in [0.5, 0.6) is 0 Å². The van der Waals surface area contributed by atoms with Crippen molar-refractivity contribution in [1.29, 1.82) is 0 Å². The molecule has 428 valence electrons. The molecule has 0 aromatic carbocycles. The normalized spacial score (nSPS) is 31.9. The van der Waals surface area contributed by atoms with Gasteiger partial charge in [-0.05, 0) is 38.5 Å².